The van der Waals surface area contributed by atoms with E-state index in [0.29, 0.717) is 85.9 Å². The monoisotopic (exact) mass is 874 g/mol. The van der Waals surface area contributed by atoms with Crippen molar-refractivity contribution < 1.29 is 33.4 Å². The van der Waals surface area contributed by atoms with Gasteiger partial charge in [0.15, 0.2) is 5.82 Å². The Morgan fingerprint density at radius 1 is 0.984 bits per heavy atom. The van der Waals surface area contributed by atoms with Crippen molar-refractivity contribution in [1.82, 2.24) is 30.8 Å². The average molecular weight is 875 g/mol. The summed E-state index contributed by atoms with van der Waals surface area (Å²) in [6.07, 6.45) is 11.4. The number of methoxy groups -OCH3 is 1. The number of ether oxygens (including phenoxy) is 2. The smallest absolute Gasteiger partial charge is 0.319 e. The molecule has 64 heavy (non-hydrogen) atoms. The van der Waals surface area contributed by atoms with Crippen LogP contribution in [0.4, 0.5) is 33.6 Å². The fraction of sp³-hybridized carbons (Fsp3) is 0.511. The zero-order chi connectivity index (χ0) is 44.7. The number of amides is 6. The summed E-state index contributed by atoms with van der Waals surface area (Å²) in [5.41, 5.74) is 4.05. The van der Waals surface area contributed by atoms with Crippen LogP contribution in [0.3, 0.4) is 0 Å². The van der Waals surface area contributed by atoms with Crippen LogP contribution in [0.15, 0.2) is 42.6 Å². The molecule has 2 aromatic carbocycles. The Morgan fingerprint density at radius 2 is 1.78 bits per heavy atom. The molecule has 338 valence electrons. The number of fused-ring (bicyclic) bond motifs is 2. The number of rotatable bonds is 14. The van der Waals surface area contributed by atoms with Crippen LogP contribution >= 0.6 is 0 Å². The maximum atomic E-state index is 13.3. The third kappa shape index (κ3) is 9.78. The Kier molecular flexibility index (Phi) is 13.9. The van der Waals surface area contributed by atoms with Crippen molar-refractivity contribution >= 4 is 58.5 Å². The SMILES string of the molecule is CC[C@@H]1C(=O)N(C)c2cnc(Nc3ccc(NC(=O)N[C@H]4CC[C@H](NCCOCCC#Cc5cccc6c5CN(C5CCC(=O)NC5=O)C6=O)CC4)cc3OC)nc2N1C1CCCC1. The number of urea groups is 1. The first-order chi connectivity index (χ1) is 31.1. The van der Waals surface area contributed by atoms with Gasteiger partial charge in [-0.25, -0.2) is 9.78 Å². The lowest BCUT2D eigenvalue weighted by Gasteiger charge is -2.43. The van der Waals surface area contributed by atoms with Gasteiger partial charge in [0.2, 0.25) is 23.7 Å². The number of nitrogens with one attached hydrogen (secondary N) is 5. The molecule has 1 saturated heterocycles. The molecule has 8 rings (SSSR count). The maximum Gasteiger partial charge on any atom is 0.319 e. The maximum absolute atomic E-state index is 13.3. The molecule has 6 amide bonds. The quantitative estimate of drug-likeness (QED) is 0.0829. The van der Waals surface area contributed by atoms with Crippen LogP contribution in [0.2, 0.25) is 0 Å². The highest BCUT2D eigenvalue weighted by Crippen LogP contribution is 2.41. The van der Waals surface area contributed by atoms with Crippen LogP contribution in [0, 0.1) is 11.8 Å². The third-order valence-corrected chi connectivity index (χ3v) is 13.0. The number of nitrogens with zero attached hydrogens (tertiary/aromatic N) is 5. The Bertz CT molecular complexity index is 2320. The summed E-state index contributed by atoms with van der Waals surface area (Å²) < 4.78 is 11.5. The van der Waals surface area contributed by atoms with E-state index in [1.807, 2.05) is 19.1 Å². The zero-order valence-corrected chi connectivity index (χ0v) is 36.8. The summed E-state index contributed by atoms with van der Waals surface area (Å²) in [6, 6.07) is 10.3. The van der Waals surface area contributed by atoms with Gasteiger partial charge in [0.25, 0.3) is 5.91 Å². The number of aromatic nitrogens is 2. The Labute approximate surface area is 373 Å². The lowest BCUT2D eigenvalue weighted by atomic mass is 9.91. The van der Waals surface area contributed by atoms with Gasteiger partial charge in [-0.3, -0.25) is 24.5 Å². The number of piperidine rings is 1. The van der Waals surface area contributed by atoms with Gasteiger partial charge in [0, 0.05) is 74.0 Å². The molecule has 5 aliphatic rings. The van der Waals surface area contributed by atoms with Crippen molar-refractivity contribution in [2.75, 3.05) is 54.3 Å². The number of carbonyl (C=O) groups is 5. The first-order valence-electron chi connectivity index (χ1n) is 22.6. The molecule has 4 heterocycles. The molecule has 17 nitrogen and oxygen atoms in total. The van der Waals surface area contributed by atoms with Crippen molar-refractivity contribution in [1.29, 1.82) is 0 Å². The molecule has 0 bridgehead atoms. The highest BCUT2D eigenvalue weighted by Gasteiger charge is 2.42. The molecule has 1 aromatic heterocycles. The highest BCUT2D eigenvalue weighted by molar-refractivity contribution is 6.06. The molecule has 3 fully saturated rings. The Balaban J connectivity index is 0.741. The topological polar surface area (TPSA) is 199 Å². The van der Waals surface area contributed by atoms with Crippen molar-refractivity contribution in [3.63, 3.8) is 0 Å². The van der Waals surface area contributed by atoms with Crippen molar-refractivity contribution in [2.24, 2.45) is 0 Å². The molecule has 3 aliphatic heterocycles. The summed E-state index contributed by atoms with van der Waals surface area (Å²) in [5.74, 6) is 7.13. The third-order valence-electron chi connectivity index (χ3n) is 13.0. The normalized spacial score (nSPS) is 22.1. The predicted molar refractivity (Wildman–Crippen MR) is 242 cm³/mol. The molecule has 0 radical (unpaired) electrons. The van der Waals surface area contributed by atoms with E-state index in [4.69, 9.17) is 14.5 Å². The van der Waals surface area contributed by atoms with Crippen LogP contribution in [-0.4, -0.2) is 109 Å². The van der Waals surface area contributed by atoms with Crippen LogP contribution in [0.1, 0.15) is 105 Å². The second kappa shape index (κ2) is 20.1. The standard InChI is InChI=1S/C47H58N10O7/c1-4-37-45(61)55(2)39-27-49-46(54-42(39)57(37)33-12-5-6-13-33)52-36-20-19-32(26-40(36)63-3)51-47(62)50-31-17-15-30(16-18-31)48-23-25-64-24-8-7-10-29-11-9-14-34-35(29)28-56(44(34)60)38-21-22-41(58)53-43(38)59/h9,11,14,19-20,26-27,30-31,33,37-38,48H,4-6,8,12-13,15-18,21-25,28H2,1-3H3,(H,49,52,54)(H2,50,51,62)(H,53,58,59)/t30-,31-,37-,38?/m1/s1. The van der Waals surface area contributed by atoms with E-state index in [1.54, 1.807) is 49.5 Å². The van der Waals surface area contributed by atoms with Crippen molar-refractivity contribution in [2.45, 2.75) is 121 Å². The average Bonchev–Trinajstić information content (AvgIpc) is 3.95. The summed E-state index contributed by atoms with van der Waals surface area (Å²) in [6.45, 7) is 4.08. The highest BCUT2D eigenvalue weighted by atomic mass is 16.5. The molecule has 2 atom stereocenters. The summed E-state index contributed by atoms with van der Waals surface area (Å²) in [5, 5.41) is 15.3. The Hall–Kier alpha value is -6.25. The van der Waals surface area contributed by atoms with Gasteiger partial charge >= 0.3 is 6.03 Å². The van der Waals surface area contributed by atoms with E-state index < -0.39 is 11.9 Å². The van der Waals surface area contributed by atoms with Gasteiger partial charge < -0.3 is 45.4 Å². The van der Waals surface area contributed by atoms with Crippen LogP contribution in [-0.2, 0) is 25.7 Å². The van der Waals surface area contributed by atoms with Gasteiger partial charge in [-0.2, -0.15) is 4.98 Å². The molecule has 2 saturated carbocycles. The van der Waals surface area contributed by atoms with Gasteiger partial charge in [-0.05, 0) is 81.2 Å². The molecule has 2 aliphatic carbocycles. The Morgan fingerprint density at radius 3 is 2.55 bits per heavy atom. The van der Waals surface area contributed by atoms with Crippen LogP contribution < -0.4 is 41.1 Å². The van der Waals surface area contributed by atoms with Crippen molar-refractivity contribution in [3.8, 4) is 17.6 Å². The van der Waals surface area contributed by atoms with E-state index in [-0.39, 0.29) is 48.3 Å². The van der Waals surface area contributed by atoms with Crippen LogP contribution in [0.5, 0.6) is 5.75 Å². The largest absolute Gasteiger partial charge is 0.494 e. The van der Waals surface area contributed by atoms with Crippen molar-refractivity contribution in [3.05, 3.63) is 59.3 Å². The van der Waals surface area contributed by atoms with E-state index >= 15 is 0 Å². The van der Waals surface area contributed by atoms with Gasteiger partial charge in [-0.15, -0.1) is 0 Å². The molecule has 0 spiro atoms. The molecule has 3 aromatic rings. The second-order valence-corrected chi connectivity index (χ2v) is 17.1. The number of hydrogen-bond acceptors (Lipinski definition) is 12. The molecule has 1 unspecified atom stereocenters. The number of anilines is 5. The lowest BCUT2D eigenvalue weighted by Crippen LogP contribution is -2.55. The number of carbonyl (C=O) groups excluding carboxylic acids is 5. The summed E-state index contributed by atoms with van der Waals surface area (Å²) >= 11 is 0. The van der Waals surface area contributed by atoms with E-state index in [9.17, 15) is 24.0 Å². The summed E-state index contributed by atoms with van der Waals surface area (Å²) in [4.78, 5) is 78.3. The molecule has 17 heteroatoms. The van der Waals surface area contributed by atoms with Gasteiger partial charge in [-0.1, -0.05) is 37.7 Å². The molecular formula is C47H58N10O7. The number of benzene rings is 2. The molecule has 5 N–H and O–H groups in total. The second-order valence-electron chi connectivity index (χ2n) is 17.1. The summed E-state index contributed by atoms with van der Waals surface area (Å²) in [7, 11) is 3.36. The number of imide groups is 1. The minimum absolute atomic E-state index is 0.0618. The lowest BCUT2D eigenvalue weighted by molar-refractivity contribution is -0.137. The minimum Gasteiger partial charge on any atom is -0.494 e. The first kappa shape index (κ1) is 44.4. The van der Waals surface area contributed by atoms with Gasteiger partial charge in [0.1, 0.15) is 23.5 Å². The van der Waals surface area contributed by atoms with E-state index in [0.717, 1.165) is 68.3 Å². The van der Waals surface area contributed by atoms with Crippen LogP contribution in [0.25, 0.3) is 0 Å². The fourth-order valence-corrected chi connectivity index (χ4v) is 9.65. The number of likely N-dealkylation sites (N-methyl/N-ethyl adjacent to an activating group) is 1. The van der Waals surface area contributed by atoms with E-state index in [1.165, 1.54) is 4.90 Å². The molecular weight excluding hydrogens is 817 g/mol. The minimum atomic E-state index is -0.657. The predicted octanol–water partition coefficient (Wildman–Crippen LogP) is 4.97. The zero-order valence-electron chi connectivity index (χ0n) is 36.8. The van der Waals surface area contributed by atoms with E-state index in [2.05, 4.69) is 48.3 Å². The number of hydrogen-bond donors (Lipinski definition) is 5. The van der Waals surface area contributed by atoms with Gasteiger partial charge in [0.05, 0.1) is 32.2 Å². The fourth-order valence-electron chi connectivity index (χ4n) is 9.65. The first-order valence-corrected chi connectivity index (χ1v) is 22.6.